The fourth-order valence-corrected chi connectivity index (χ4v) is 5.10. The van der Waals surface area contributed by atoms with E-state index < -0.39 is 0 Å². The molecule has 0 aliphatic heterocycles. The van der Waals surface area contributed by atoms with Crippen LogP contribution in [0.5, 0.6) is 0 Å². The van der Waals surface area contributed by atoms with Crippen molar-refractivity contribution in [2.75, 3.05) is 7.11 Å². The molecule has 0 saturated heterocycles. The average Bonchev–Trinajstić information content (AvgIpc) is 2.90. The molecule has 0 aromatic rings. The molecule has 2 saturated carbocycles. The van der Waals surface area contributed by atoms with E-state index in [9.17, 15) is 4.79 Å². The van der Waals surface area contributed by atoms with Crippen molar-refractivity contribution in [3.05, 3.63) is 23.8 Å². The van der Waals surface area contributed by atoms with E-state index in [1.807, 2.05) is 0 Å². The van der Waals surface area contributed by atoms with E-state index in [-0.39, 0.29) is 16.8 Å². The first-order chi connectivity index (χ1) is 8.46. The zero-order chi connectivity index (χ0) is 13.1. The zero-order valence-electron chi connectivity index (χ0n) is 11.6. The molecule has 0 aromatic heterocycles. The highest BCUT2D eigenvalue weighted by Gasteiger charge is 2.65. The van der Waals surface area contributed by atoms with Crippen LogP contribution in [-0.4, -0.2) is 13.1 Å². The lowest BCUT2D eigenvalue weighted by Crippen LogP contribution is -2.34. The maximum Gasteiger partial charge on any atom is 0.337 e. The highest BCUT2D eigenvalue weighted by atomic mass is 16.5. The number of hydrogen-bond donors (Lipinski definition) is 0. The van der Waals surface area contributed by atoms with E-state index in [1.54, 1.807) is 0 Å². The first-order valence-electron chi connectivity index (χ1n) is 6.97. The monoisotopic (exact) mass is 246 g/mol. The molecule has 3 aliphatic carbocycles. The molecule has 2 nitrogen and oxygen atoms in total. The molecule has 0 bridgehead atoms. The molecule has 4 atom stereocenters. The molecule has 1 spiro atoms. The summed E-state index contributed by atoms with van der Waals surface area (Å²) < 4.78 is 4.92. The molecule has 0 N–H and O–H groups in total. The van der Waals surface area contributed by atoms with Gasteiger partial charge in [0.15, 0.2) is 0 Å². The molecule has 0 heterocycles. The second kappa shape index (κ2) is 3.49. The van der Waals surface area contributed by atoms with Crippen molar-refractivity contribution in [1.29, 1.82) is 0 Å². The maximum atomic E-state index is 11.9. The third-order valence-corrected chi connectivity index (χ3v) is 6.04. The quantitative estimate of drug-likeness (QED) is 0.662. The minimum atomic E-state index is -0.205. The molecule has 3 aliphatic rings. The van der Waals surface area contributed by atoms with Crippen LogP contribution in [-0.2, 0) is 9.53 Å². The van der Waals surface area contributed by atoms with Gasteiger partial charge >= 0.3 is 5.97 Å². The van der Waals surface area contributed by atoms with Gasteiger partial charge in [0, 0.05) is 5.41 Å². The fourth-order valence-electron chi connectivity index (χ4n) is 5.10. The molecule has 0 unspecified atom stereocenters. The van der Waals surface area contributed by atoms with Crippen LogP contribution in [0.3, 0.4) is 0 Å². The molecule has 0 radical (unpaired) electrons. The van der Waals surface area contributed by atoms with E-state index in [0.29, 0.717) is 5.92 Å². The Kier molecular flexibility index (Phi) is 2.33. The van der Waals surface area contributed by atoms with E-state index in [1.165, 1.54) is 32.8 Å². The third-order valence-electron chi connectivity index (χ3n) is 6.04. The van der Waals surface area contributed by atoms with Gasteiger partial charge in [-0.1, -0.05) is 26.5 Å². The summed E-state index contributed by atoms with van der Waals surface area (Å²) in [6.45, 7) is 8.96. The van der Waals surface area contributed by atoms with Crippen LogP contribution < -0.4 is 0 Å². The van der Waals surface area contributed by atoms with Crippen LogP contribution >= 0.6 is 0 Å². The van der Waals surface area contributed by atoms with Crippen LogP contribution in [0.15, 0.2) is 23.8 Å². The lowest BCUT2D eigenvalue weighted by atomic mass is 9.63. The number of ether oxygens (including phenoxy) is 1. The van der Waals surface area contributed by atoms with Crippen molar-refractivity contribution in [2.24, 2.45) is 22.7 Å². The Balaban J connectivity index is 2.09. The molecule has 98 valence electrons. The van der Waals surface area contributed by atoms with Gasteiger partial charge in [-0.15, -0.1) is 0 Å². The van der Waals surface area contributed by atoms with Crippen molar-refractivity contribution >= 4 is 5.97 Å². The van der Waals surface area contributed by atoms with Crippen molar-refractivity contribution in [1.82, 2.24) is 0 Å². The van der Waals surface area contributed by atoms with Crippen molar-refractivity contribution < 1.29 is 9.53 Å². The van der Waals surface area contributed by atoms with Gasteiger partial charge in [-0.05, 0) is 48.5 Å². The molecule has 18 heavy (non-hydrogen) atoms. The summed E-state index contributed by atoms with van der Waals surface area (Å²) in [7, 11) is 1.46. The molecular weight excluding hydrogens is 224 g/mol. The first kappa shape index (κ1) is 12.0. The first-order valence-corrected chi connectivity index (χ1v) is 6.97. The van der Waals surface area contributed by atoms with E-state index in [0.717, 1.165) is 17.1 Å². The van der Waals surface area contributed by atoms with Crippen molar-refractivity contribution in [3.63, 3.8) is 0 Å². The summed E-state index contributed by atoms with van der Waals surface area (Å²) >= 11 is 0. The number of carbonyl (C=O) groups is 1. The molecule has 2 fully saturated rings. The average molecular weight is 246 g/mol. The smallest absolute Gasteiger partial charge is 0.337 e. The summed E-state index contributed by atoms with van der Waals surface area (Å²) in [6, 6.07) is 0. The number of methoxy groups -OCH3 is 1. The highest BCUT2D eigenvalue weighted by Crippen LogP contribution is 2.72. The highest BCUT2D eigenvalue weighted by molar-refractivity contribution is 5.95. The Morgan fingerprint density at radius 2 is 2.17 bits per heavy atom. The minimum Gasteiger partial charge on any atom is -0.465 e. The Labute approximate surface area is 109 Å². The molecular formula is C16H22O2. The summed E-state index contributed by atoms with van der Waals surface area (Å²) in [5, 5.41) is 0. The number of hydrogen-bond acceptors (Lipinski definition) is 2. The summed E-state index contributed by atoms with van der Waals surface area (Å²) in [6.07, 6.45) is 7.08. The van der Waals surface area contributed by atoms with Crippen molar-refractivity contribution in [3.8, 4) is 0 Å². The van der Waals surface area contributed by atoms with Gasteiger partial charge in [-0.2, -0.15) is 0 Å². The van der Waals surface area contributed by atoms with E-state index in [4.69, 9.17) is 4.74 Å². The van der Waals surface area contributed by atoms with Gasteiger partial charge in [-0.25, -0.2) is 4.79 Å². The Hall–Kier alpha value is -1.05. The van der Waals surface area contributed by atoms with Crippen molar-refractivity contribution in [2.45, 2.75) is 39.5 Å². The summed E-state index contributed by atoms with van der Waals surface area (Å²) in [5.74, 6) is 1.26. The SMILES string of the molecule is C=C1C(C(=O)OC)=C[C@]2(C)CC[C@H]3[C@H](C)CC[C@]132. The number of carbonyl (C=O) groups excluding carboxylic acids is 1. The molecule has 3 rings (SSSR count). The lowest BCUT2D eigenvalue weighted by molar-refractivity contribution is -0.135. The Morgan fingerprint density at radius 1 is 1.44 bits per heavy atom. The maximum absolute atomic E-state index is 11.9. The topological polar surface area (TPSA) is 26.3 Å². The van der Waals surface area contributed by atoms with Crippen LogP contribution in [0.4, 0.5) is 0 Å². The predicted molar refractivity (Wildman–Crippen MR) is 70.9 cm³/mol. The summed E-state index contributed by atoms with van der Waals surface area (Å²) in [4.78, 5) is 11.9. The molecule has 0 aromatic carbocycles. The normalized spacial score (nSPS) is 45.7. The van der Waals surface area contributed by atoms with Gasteiger partial charge in [0.1, 0.15) is 0 Å². The molecule has 0 amide bonds. The zero-order valence-corrected chi connectivity index (χ0v) is 11.6. The van der Waals surface area contributed by atoms with Crippen LogP contribution in [0.1, 0.15) is 39.5 Å². The third kappa shape index (κ3) is 1.12. The fraction of sp³-hybridized carbons (Fsp3) is 0.688. The van der Waals surface area contributed by atoms with Gasteiger partial charge in [0.05, 0.1) is 12.7 Å². The van der Waals surface area contributed by atoms with Gasteiger partial charge < -0.3 is 4.74 Å². The van der Waals surface area contributed by atoms with Gasteiger partial charge in [0.2, 0.25) is 0 Å². The largest absolute Gasteiger partial charge is 0.465 e. The standard InChI is InChI=1S/C16H22O2/c1-10-5-8-16-11(2)12(14(17)18-4)9-15(16,3)7-6-13(10)16/h9-10,13H,2,5-8H2,1,3-4H3/t10-,13+,15+,16+/m1/s1. The second-order valence-corrected chi connectivity index (χ2v) is 6.58. The minimum absolute atomic E-state index is 0.128. The van der Waals surface area contributed by atoms with Crippen LogP contribution in [0.2, 0.25) is 0 Å². The van der Waals surface area contributed by atoms with Gasteiger partial charge in [-0.3, -0.25) is 0 Å². The van der Waals surface area contributed by atoms with Gasteiger partial charge in [0.25, 0.3) is 0 Å². The van der Waals surface area contributed by atoms with E-state index in [2.05, 4.69) is 26.5 Å². The number of rotatable bonds is 1. The van der Waals surface area contributed by atoms with Crippen LogP contribution in [0, 0.1) is 22.7 Å². The lowest BCUT2D eigenvalue weighted by Gasteiger charge is -2.39. The predicted octanol–water partition coefficient (Wildman–Crippen LogP) is 3.49. The summed E-state index contributed by atoms with van der Waals surface area (Å²) in [5.41, 5.74) is 2.08. The number of esters is 1. The molecule has 2 heteroatoms. The van der Waals surface area contributed by atoms with E-state index >= 15 is 0 Å². The number of allylic oxidation sites excluding steroid dienone is 1. The van der Waals surface area contributed by atoms with Crippen LogP contribution in [0.25, 0.3) is 0 Å². The Morgan fingerprint density at radius 3 is 2.83 bits per heavy atom. The Bertz CT molecular complexity index is 462. The second-order valence-electron chi connectivity index (χ2n) is 6.58.